The number of carbonyl (C=O) groups is 2. The van der Waals surface area contributed by atoms with Gasteiger partial charge in [0.2, 0.25) is 0 Å². The lowest BCUT2D eigenvalue weighted by Gasteiger charge is -2.12. The minimum absolute atomic E-state index is 0.233. The number of thiophene rings is 1. The van der Waals surface area contributed by atoms with Gasteiger partial charge in [-0.1, -0.05) is 59.6 Å². The fourth-order valence-electron chi connectivity index (χ4n) is 3.91. The second kappa shape index (κ2) is 9.66. The number of halogens is 2. The van der Waals surface area contributed by atoms with Crippen LogP contribution in [0.3, 0.4) is 0 Å². The van der Waals surface area contributed by atoms with Crippen LogP contribution in [0.5, 0.6) is 0 Å². The van der Waals surface area contributed by atoms with Gasteiger partial charge < -0.3 is 10.1 Å². The molecule has 0 saturated heterocycles. The highest BCUT2D eigenvalue weighted by atomic mass is 35.5. The number of esters is 1. The zero-order valence-electron chi connectivity index (χ0n) is 18.5. The van der Waals surface area contributed by atoms with E-state index in [9.17, 15) is 9.59 Å². The van der Waals surface area contributed by atoms with E-state index in [1.807, 2.05) is 48.5 Å². The molecule has 8 heteroatoms. The van der Waals surface area contributed by atoms with Crippen molar-refractivity contribution in [1.29, 1.82) is 0 Å². The summed E-state index contributed by atoms with van der Waals surface area (Å²) in [6.07, 6.45) is 0. The lowest BCUT2D eigenvalue weighted by molar-refractivity contribution is 0.0530. The molecule has 0 spiro atoms. The number of ether oxygens (including phenoxy) is 1. The van der Waals surface area contributed by atoms with Gasteiger partial charge in [0, 0.05) is 26.1 Å². The van der Waals surface area contributed by atoms with Crippen LogP contribution in [0.1, 0.15) is 27.6 Å². The van der Waals surface area contributed by atoms with E-state index in [0.717, 1.165) is 10.1 Å². The minimum Gasteiger partial charge on any atom is -0.462 e. The Hall–Kier alpha value is -3.45. The van der Waals surface area contributed by atoms with Crippen molar-refractivity contribution in [3.05, 3.63) is 94.0 Å². The Kier molecular flexibility index (Phi) is 6.43. The molecular weight excluding hydrogens is 503 g/mol. The molecule has 2 aromatic heterocycles. The van der Waals surface area contributed by atoms with Crippen molar-refractivity contribution in [2.45, 2.75) is 6.92 Å². The molecule has 2 heterocycles. The molecule has 1 N–H and O–H groups in total. The van der Waals surface area contributed by atoms with Gasteiger partial charge in [-0.25, -0.2) is 9.78 Å². The van der Waals surface area contributed by atoms with E-state index in [4.69, 9.17) is 32.9 Å². The first-order valence-corrected chi connectivity index (χ1v) is 12.4. The number of fused-ring (bicyclic) bond motifs is 2. The summed E-state index contributed by atoms with van der Waals surface area (Å²) in [6.45, 7) is 1.98. The Balaban J connectivity index is 1.62. The van der Waals surface area contributed by atoms with Crippen LogP contribution in [0, 0.1) is 0 Å². The van der Waals surface area contributed by atoms with Crippen molar-refractivity contribution in [2.24, 2.45) is 0 Å². The zero-order valence-corrected chi connectivity index (χ0v) is 20.8. The Morgan fingerprint density at radius 3 is 2.49 bits per heavy atom. The molecule has 0 aliphatic carbocycles. The number of anilines is 1. The third-order valence-corrected chi connectivity index (χ3v) is 7.10. The van der Waals surface area contributed by atoms with Crippen molar-refractivity contribution in [3.8, 4) is 11.3 Å². The SMILES string of the molecule is CCOC(=O)c1c(NC(=O)c2cc(-c3ccc(Cl)cc3Cl)nc3ccccc23)sc2ccccc12. The summed E-state index contributed by atoms with van der Waals surface area (Å²) in [4.78, 5) is 31.1. The molecule has 0 bridgehead atoms. The molecule has 5 rings (SSSR count). The molecule has 0 fully saturated rings. The maximum Gasteiger partial charge on any atom is 0.341 e. The Labute approximate surface area is 215 Å². The number of aromatic nitrogens is 1. The average molecular weight is 521 g/mol. The molecule has 5 aromatic rings. The van der Waals surface area contributed by atoms with Gasteiger partial charge in [-0.05, 0) is 43.3 Å². The number of hydrogen-bond donors (Lipinski definition) is 1. The van der Waals surface area contributed by atoms with Gasteiger partial charge in [0.1, 0.15) is 10.6 Å². The highest BCUT2D eigenvalue weighted by Crippen LogP contribution is 2.37. The zero-order chi connectivity index (χ0) is 24.5. The first-order valence-electron chi connectivity index (χ1n) is 10.8. The Morgan fingerprint density at radius 2 is 1.71 bits per heavy atom. The summed E-state index contributed by atoms with van der Waals surface area (Å²) in [6, 6.07) is 21.7. The molecule has 0 aliphatic heterocycles. The summed E-state index contributed by atoms with van der Waals surface area (Å²) in [5.41, 5.74) is 2.59. The lowest BCUT2D eigenvalue weighted by Crippen LogP contribution is -2.15. The van der Waals surface area contributed by atoms with Crippen LogP contribution in [-0.4, -0.2) is 23.5 Å². The number of nitrogens with one attached hydrogen (secondary N) is 1. The summed E-state index contributed by atoms with van der Waals surface area (Å²) < 4.78 is 6.15. The number of rotatable bonds is 5. The maximum atomic E-state index is 13.6. The van der Waals surface area contributed by atoms with E-state index >= 15 is 0 Å². The Morgan fingerprint density at radius 1 is 0.971 bits per heavy atom. The highest BCUT2D eigenvalue weighted by Gasteiger charge is 2.23. The van der Waals surface area contributed by atoms with Crippen molar-refractivity contribution in [2.75, 3.05) is 11.9 Å². The first kappa shape index (κ1) is 23.3. The first-order chi connectivity index (χ1) is 17.0. The molecule has 1 amide bonds. The van der Waals surface area contributed by atoms with Crippen molar-refractivity contribution in [3.63, 3.8) is 0 Å². The van der Waals surface area contributed by atoms with E-state index in [2.05, 4.69) is 5.32 Å². The largest absolute Gasteiger partial charge is 0.462 e. The molecule has 3 aromatic carbocycles. The van der Waals surface area contributed by atoms with Gasteiger partial charge in [-0.15, -0.1) is 11.3 Å². The molecule has 0 atom stereocenters. The summed E-state index contributed by atoms with van der Waals surface area (Å²) in [5, 5.41) is 5.73. The molecule has 35 heavy (non-hydrogen) atoms. The number of para-hydroxylation sites is 1. The van der Waals surface area contributed by atoms with Crippen molar-refractivity contribution in [1.82, 2.24) is 4.98 Å². The standard InChI is InChI=1S/C27H18Cl2N2O3S/c1-2-34-27(33)24-18-8-4-6-10-23(18)35-26(24)31-25(32)19-14-22(17-12-11-15(28)13-20(17)29)30-21-9-5-3-7-16(19)21/h3-14H,2H2,1H3,(H,31,32). The van der Waals surface area contributed by atoms with Gasteiger partial charge in [0.15, 0.2) is 0 Å². The summed E-state index contributed by atoms with van der Waals surface area (Å²) in [5.74, 6) is -0.847. The molecule has 0 saturated carbocycles. The fraction of sp³-hybridized carbons (Fsp3) is 0.0741. The minimum atomic E-state index is -0.478. The summed E-state index contributed by atoms with van der Waals surface area (Å²) >= 11 is 13.8. The van der Waals surface area contributed by atoms with E-state index in [0.29, 0.717) is 48.3 Å². The highest BCUT2D eigenvalue weighted by molar-refractivity contribution is 7.23. The van der Waals surface area contributed by atoms with Crippen LogP contribution in [0.4, 0.5) is 5.00 Å². The molecule has 0 aliphatic rings. The molecule has 5 nitrogen and oxygen atoms in total. The van der Waals surface area contributed by atoms with Gasteiger partial charge in [0.25, 0.3) is 5.91 Å². The predicted octanol–water partition coefficient (Wildman–Crippen LogP) is 7.85. The summed E-state index contributed by atoms with van der Waals surface area (Å²) in [7, 11) is 0. The van der Waals surface area contributed by atoms with Crippen LogP contribution in [0.2, 0.25) is 10.0 Å². The van der Waals surface area contributed by atoms with Crippen molar-refractivity contribution < 1.29 is 14.3 Å². The molecule has 0 unspecified atom stereocenters. The van der Waals surface area contributed by atoms with Crippen LogP contribution in [0.25, 0.3) is 32.2 Å². The number of nitrogens with zero attached hydrogens (tertiary/aromatic N) is 1. The smallest absolute Gasteiger partial charge is 0.341 e. The van der Waals surface area contributed by atoms with Crippen LogP contribution in [-0.2, 0) is 4.74 Å². The van der Waals surface area contributed by atoms with E-state index < -0.39 is 5.97 Å². The Bertz CT molecular complexity index is 1610. The quantitative estimate of drug-likeness (QED) is 0.239. The van der Waals surface area contributed by atoms with Crippen LogP contribution >= 0.6 is 34.5 Å². The predicted molar refractivity (Wildman–Crippen MR) is 143 cm³/mol. The van der Waals surface area contributed by atoms with E-state index in [-0.39, 0.29) is 12.5 Å². The second-order valence-electron chi connectivity index (χ2n) is 7.67. The van der Waals surface area contributed by atoms with Crippen molar-refractivity contribution >= 4 is 72.4 Å². The monoisotopic (exact) mass is 520 g/mol. The average Bonchev–Trinajstić information content (AvgIpc) is 3.21. The third kappa shape index (κ3) is 4.48. The number of carbonyl (C=O) groups excluding carboxylic acids is 2. The third-order valence-electron chi connectivity index (χ3n) is 5.47. The number of benzene rings is 3. The number of amides is 1. The normalized spacial score (nSPS) is 11.1. The van der Waals surface area contributed by atoms with Gasteiger partial charge in [-0.2, -0.15) is 0 Å². The van der Waals surface area contributed by atoms with Crippen LogP contribution < -0.4 is 5.32 Å². The van der Waals surface area contributed by atoms with E-state index in [1.54, 1.807) is 31.2 Å². The fourth-order valence-corrected chi connectivity index (χ4v) is 5.50. The van der Waals surface area contributed by atoms with E-state index in [1.165, 1.54) is 11.3 Å². The molecule has 0 radical (unpaired) electrons. The molecular formula is C27H18Cl2N2O3S. The molecule has 174 valence electrons. The number of pyridine rings is 1. The topological polar surface area (TPSA) is 68.3 Å². The lowest BCUT2D eigenvalue weighted by atomic mass is 10.0. The van der Waals surface area contributed by atoms with Gasteiger partial charge in [-0.3, -0.25) is 4.79 Å². The van der Waals surface area contributed by atoms with Crippen LogP contribution in [0.15, 0.2) is 72.8 Å². The second-order valence-corrected chi connectivity index (χ2v) is 9.57. The van der Waals surface area contributed by atoms with Gasteiger partial charge in [0.05, 0.1) is 28.4 Å². The number of hydrogen-bond acceptors (Lipinski definition) is 5. The van der Waals surface area contributed by atoms with Gasteiger partial charge >= 0.3 is 5.97 Å². The maximum absolute atomic E-state index is 13.6.